The lowest BCUT2D eigenvalue weighted by Crippen LogP contribution is -2.44. The predicted octanol–water partition coefficient (Wildman–Crippen LogP) is 4.52. The summed E-state index contributed by atoms with van der Waals surface area (Å²) >= 11 is 0. The van der Waals surface area contributed by atoms with Gasteiger partial charge in [0.25, 0.3) is 5.97 Å². The number of ether oxygens (including phenoxy) is 3. The Kier molecular flexibility index (Phi) is 11.2. The van der Waals surface area contributed by atoms with Crippen molar-refractivity contribution < 1.29 is 14.2 Å². The minimum atomic E-state index is -0.972. The Morgan fingerprint density at radius 1 is 1.00 bits per heavy atom. The molecule has 0 saturated carbocycles. The molecule has 0 aliphatic carbocycles. The Morgan fingerprint density at radius 2 is 1.58 bits per heavy atom. The normalized spacial score (nSPS) is 13.5. The fourth-order valence-electron chi connectivity index (χ4n) is 2.40. The molecular weight excluding hydrogens is 240 g/mol. The van der Waals surface area contributed by atoms with Crippen LogP contribution in [-0.2, 0) is 14.2 Å². The molecule has 0 aliphatic heterocycles. The monoisotopic (exact) mass is 272 g/mol. The van der Waals surface area contributed by atoms with E-state index in [0.717, 1.165) is 12.8 Å². The summed E-state index contributed by atoms with van der Waals surface area (Å²) < 4.78 is 16.6. The van der Waals surface area contributed by atoms with Crippen molar-refractivity contribution in [3.63, 3.8) is 0 Å². The van der Waals surface area contributed by atoms with Crippen LogP contribution in [0.1, 0.15) is 58.8 Å². The van der Waals surface area contributed by atoms with Crippen LogP contribution in [0.15, 0.2) is 12.7 Å². The molecule has 0 amide bonds. The van der Waals surface area contributed by atoms with Gasteiger partial charge >= 0.3 is 0 Å². The molecule has 0 N–H and O–H groups in total. The first kappa shape index (κ1) is 18.6. The highest BCUT2D eigenvalue weighted by Crippen LogP contribution is 2.30. The van der Waals surface area contributed by atoms with Crippen LogP contribution in [-0.4, -0.2) is 26.8 Å². The Balaban J connectivity index is 4.18. The molecule has 0 aromatic carbocycles. The lowest BCUT2D eigenvalue weighted by molar-refractivity contribution is -0.380. The maximum absolute atomic E-state index is 5.66. The van der Waals surface area contributed by atoms with E-state index in [1.54, 1.807) is 14.2 Å². The third kappa shape index (κ3) is 6.55. The first-order valence-corrected chi connectivity index (χ1v) is 7.57. The van der Waals surface area contributed by atoms with Crippen LogP contribution in [0, 0.1) is 5.92 Å². The minimum Gasteiger partial charge on any atom is -0.330 e. The second-order valence-corrected chi connectivity index (χ2v) is 4.84. The maximum atomic E-state index is 5.66. The van der Waals surface area contributed by atoms with Crippen molar-refractivity contribution in [3.8, 4) is 0 Å². The van der Waals surface area contributed by atoms with Crippen molar-refractivity contribution in [1.29, 1.82) is 0 Å². The molecule has 0 aromatic rings. The smallest absolute Gasteiger partial charge is 0.288 e. The van der Waals surface area contributed by atoms with Crippen LogP contribution in [0.25, 0.3) is 0 Å². The molecule has 0 spiro atoms. The molecule has 0 heterocycles. The zero-order valence-corrected chi connectivity index (χ0v) is 13.2. The van der Waals surface area contributed by atoms with E-state index in [0.29, 0.717) is 6.61 Å². The van der Waals surface area contributed by atoms with Crippen molar-refractivity contribution in [2.45, 2.75) is 64.8 Å². The van der Waals surface area contributed by atoms with E-state index in [1.807, 2.05) is 13.0 Å². The molecule has 0 aromatic heterocycles. The summed E-state index contributed by atoms with van der Waals surface area (Å²) in [7, 11) is 3.24. The second-order valence-electron chi connectivity index (χ2n) is 4.84. The number of unbranched alkanes of at least 4 members (excludes halogenated alkanes) is 5. The molecule has 114 valence electrons. The van der Waals surface area contributed by atoms with Crippen LogP contribution in [0.2, 0.25) is 0 Å². The summed E-state index contributed by atoms with van der Waals surface area (Å²) in [5.41, 5.74) is 0. The van der Waals surface area contributed by atoms with Crippen molar-refractivity contribution in [2.24, 2.45) is 5.92 Å². The topological polar surface area (TPSA) is 27.7 Å². The number of hydrogen-bond donors (Lipinski definition) is 0. The standard InChI is InChI=1S/C16H32O3/c1-6-9-10-11-12-13-14-15(7-2)16(17-4,18-5)19-8-3/h7,15H,2,6,8-14H2,1,3-5H3. The van der Waals surface area contributed by atoms with Crippen molar-refractivity contribution in [2.75, 3.05) is 20.8 Å². The average Bonchev–Trinajstić information content (AvgIpc) is 2.45. The van der Waals surface area contributed by atoms with Gasteiger partial charge in [-0.25, -0.2) is 0 Å². The van der Waals surface area contributed by atoms with Gasteiger partial charge in [0, 0.05) is 20.8 Å². The highest BCUT2D eigenvalue weighted by molar-refractivity contribution is 4.86. The molecular formula is C16H32O3. The molecule has 19 heavy (non-hydrogen) atoms. The summed E-state index contributed by atoms with van der Waals surface area (Å²) in [6, 6.07) is 0. The fraction of sp³-hybridized carbons (Fsp3) is 0.875. The first-order chi connectivity index (χ1) is 9.20. The molecule has 0 saturated heterocycles. The van der Waals surface area contributed by atoms with E-state index in [1.165, 1.54) is 32.1 Å². The van der Waals surface area contributed by atoms with Crippen molar-refractivity contribution in [1.82, 2.24) is 0 Å². The quantitative estimate of drug-likeness (QED) is 0.280. The van der Waals surface area contributed by atoms with Gasteiger partial charge in [-0.15, -0.1) is 6.58 Å². The molecule has 0 bridgehead atoms. The van der Waals surface area contributed by atoms with Gasteiger partial charge in [-0.1, -0.05) is 51.5 Å². The third-order valence-corrected chi connectivity index (χ3v) is 3.52. The van der Waals surface area contributed by atoms with Gasteiger partial charge in [-0.05, 0) is 13.3 Å². The maximum Gasteiger partial charge on any atom is 0.288 e. The Bertz CT molecular complexity index is 212. The van der Waals surface area contributed by atoms with Crippen LogP contribution in [0.3, 0.4) is 0 Å². The summed E-state index contributed by atoms with van der Waals surface area (Å²) in [4.78, 5) is 0. The number of hydrogen-bond acceptors (Lipinski definition) is 3. The van der Waals surface area contributed by atoms with E-state index in [-0.39, 0.29) is 5.92 Å². The van der Waals surface area contributed by atoms with Gasteiger partial charge < -0.3 is 14.2 Å². The average molecular weight is 272 g/mol. The van der Waals surface area contributed by atoms with E-state index < -0.39 is 5.97 Å². The van der Waals surface area contributed by atoms with Gasteiger partial charge in [0.15, 0.2) is 0 Å². The molecule has 0 aliphatic rings. The van der Waals surface area contributed by atoms with Gasteiger partial charge in [0.2, 0.25) is 0 Å². The molecule has 1 unspecified atom stereocenters. The first-order valence-electron chi connectivity index (χ1n) is 7.57. The van der Waals surface area contributed by atoms with Crippen LogP contribution in [0.4, 0.5) is 0 Å². The van der Waals surface area contributed by atoms with E-state index >= 15 is 0 Å². The van der Waals surface area contributed by atoms with Gasteiger partial charge in [0.05, 0.1) is 5.92 Å². The molecule has 3 heteroatoms. The lowest BCUT2D eigenvalue weighted by atomic mass is 9.97. The summed E-state index contributed by atoms with van der Waals surface area (Å²) in [5.74, 6) is -0.909. The van der Waals surface area contributed by atoms with Crippen LogP contribution in [0.5, 0.6) is 0 Å². The fourth-order valence-corrected chi connectivity index (χ4v) is 2.40. The summed E-state index contributed by atoms with van der Waals surface area (Å²) in [6.07, 6.45) is 10.5. The number of rotatable bonds is 13. The van der Waals surface area contributed by atoms with Gasteiger partial charge in [-0.2, -0.15) is 0 Å². The number of methoxy groups -OCH3 is 2. The SMILES string of the molecule is C=CC(CCCCCCCC)C(OC)(OC)OCC. The third-order valence-electron chi connectivity index (χ3n) is 3.52. The Labute approximate surface area is 119 Å². The highest BCUT2D eigenvalue weighted by atomic mass is 16.9. The Morgan fingerprint density at radius 3 is 2.05 bits per heavy atom. The van der Waals surface area contributed by atoms with Crippen LogP contribution >= 0.6 is 0 Å². The minimum absolute atomic E-state index is 0.0635. The predicted molar refractivity (Wildman–Crippen MR) is 80.1 cm³/mol. The molecule has 3 nitrogen and oxygen atoms in total. The zero-order valence-electron chi connectivity index (χ0n) is 13.2. The van der Waals surface area contributed by atoms with E-state index in [9.17, 15) is 0 Å². The second kappa shape index (κ2) is 11.4. The Hall–Kier alpha value is -0.380. The molecule has 0 radical (unpaired) electrons. The summed E-state index contributed by atoms with van der Waals surface area (Å²) in [5, 5.41) is 0. The summed E-state index contributed by atoms with van der Waals surface area (Å²) in [6.45, 7) is 8.63. The molecule has 0 fully saturated rings. The van der Waals surface area contributed by atoms with E-state index in [4.69, 9.17) is 14.2 Å². The van der Waals surface area contributed by atoms with Crippen LogP contribution < -0.4 is 0 Å². The van der Waals surface area contributed by atoms with E-state index in [2.05, 4.69) is 13.5 Å². The van der Waals surface area contributed by atoms with Crippen molar-refractivity contribution in [3.05, 3.63) is 12.7 Å². The lowest BCUT2D eigenvalue weighted by Gasteiger charge is -2.35. The zero-order chi connectivity index (χ0) is 14.6. The van der Waals surface area contributed by atoms with Crippen molar-refractivity contribution >= 4 is 0 Å². The highest BCUT2D eigenvalue weighted by Gasteiger charge is 2.38. The van der Waals surface area contributed by atoms with Gasteiger partial charge in [0.1, 0.15) is 0 Å². The largest absolute Gasteiger partial charge is 0.330 e. The molecule has 1 atom stereocenters. The molecule has 0 rings (SSSR count). The van der Waals surface area contributed by atoms with Gasteiger partial charge in [-0.3, -0.25) is 0 Å².